The Morgan fingerprint density at radius 2 is 1.81 bits per heavy atom. The molecule has 0 bridgehead atoms. The van der Waals surface area contributed by atoms with Gasteiger partial charge in [0.2, 0.25) is 0 Å². The molecule has 3 aromatic rings. The fourth-order valence-corrected chi connectivity index (χ4v) is 2.85. The van der Waals surface area contributed by atoms with E-state index in [2.05, 4.69) is 25.0 Å². The minimum atomic E-state index is 0.461. The van der Waals surface area contributed by atoms with Crippen LogP contribution in [0.5, 0.6) is 0 Å². The van der Waals surface area contributed by atoms with Crippen molar-refractivity contribution < 1.29 is 0 Å². The minimum Gasteiger partial charge on any atom is -0.228 e. The predicted molar refractivity (Wildman–Crippen MR) is 86.8 cm³/mol. The van der Waals surface area contributed by atoms with Crippen LogP contribution in [0.1, 0.15) is 38.3 Å². The zero-order chi connectivity index (χ0) is 14.8. The van der Waals surface area contributed by atoms with Crippen molar-refractivity contribution in [2.45, 2.75) is 32.6 Å². The molecular weight excluding hydrogens is 282 g/mol. The van der Waals surface area contributed by atoms with Crippen molar-refractivity contribution in [2.75, 3.05) is 0 Å². The molecule has 0 saturated carbocycles. The lowest BCUT2D eigenvalue weighted by molar-refractivity contribution is 0.616. The smallest absolute Gasteiger partial charge is 0.157 e. The maximum atomic E-state index is 6.38. The third kappa shape index (κ3) is 2.66. The molecule has 0 aliphatic heterocycles. The Kier molecular flexibility index (Phi) is 3.93. The maximum Gasteiger partial charge on any atom is 0.157 e. The molecule has 0 N–H and O–H groups in total. The van der Waals surface area contributed by atoms with Crippen LogP contribution in [0.2, 0.25) is 5.15 Å². The van der Waals surface area contributed by atoms with Crippen molar-refractivity contribution in [3.63, 3.8) is 0 Å². The molecule has 0 radical (unpaired) electrons. The fraction of sp³-hybridized carbons (Fsp3) is 0.294. The van der Waals surface area contributed by atoms with Crippen LogP contribution in [0.3, 0.4) is 0 Å². The van der Waals surface area contributed by atoms with Crippen LogP contribution in [0.25, 0.3) is 16.9 Å². The number of nitrogens with zero attached hydrogens (tertiary/aromatic N) is 3. The summed E-state index contributed by atoms with van der Waals surface area (Å²) in [6.45, 7) is 4.37. The Morgan fingerprint density at radius 3 is 2.48 bits per heavy atom. The van der Waals surface area contributed by atoms with Gasteiger partial charge in [-0.05, 0) is 12.8 Å². The van der Waals surface area contributed by atoms with Crippen LogP contribution < -0.4 is 0 Å². The minimum absolute atomic E-state index is 0.461. The summed E-state index contributed by atoms with van der Waals surface area (Å²) in [5, 5.41) is 5.20. The van der Waals surface area contributed by atoms with E-state index >= 15 is 0 Å². The molecule has 0 saturated heterocycles. The van der Waals surface area contributed by atoms with E-state index < -0.39 is 0 Å². The van der Waals surface area contributed by atoms with E-state index in [-0.39, 0.29) is 0 Å². The molecular formula is C17H18ClN3. The highest BCUT2D eigenvalue weighted by Crippen LogP contribution is 2.26. The zero-order valence-electron chi connectivity index (χ0n) is 12.3. The molecule has 108 valence electrons. The Bertz CT molecular complexity index is 745. The van der Waals surface area contributed by atoms with Crippen LogP contribution in [0, 0.1) is 0 Å². The molecule has 0 unspecified atom stereocenters. The Labute approximate surface area is 129 Å². The first-order valence-electron chi connectivity index (χ1n) is 7.34. The number of rotatable bonds is 4. The standard InChI is InChI=1S/C17H18ClN3/c1-3-12(4-2)15-11-17-19-14(10-16(18)21(17)20-15)13-8-6-5-7-9-13/h5-12H,3-4H2,1-2H3. The second-order valence-electron chi connectivity index (χ2n) is 5.18. The highest BCUT2D eigenvalue weighted by Gasteiger charge is 2.14. The van der Waals surface area contributed by atoms with E-state index in [9.17, 15) is 0 Å². The lowest BCUT2D eigenvalue weighted by Gasteiger charge is -2.06. The average Bonchev–Trinajstić information content (AvgIpc) is 2.94. The molecule has 3 rings (SSSR count). The van der Waals surface area contributed by atoms with Crippen molar-refractivity contribution in [3.05, 3.63) is 53.3 Å². The first-order chi connectivity index (χ1) is 10.2. The first kappa shape index (κ1) is 14.1. The van der Waals surface area contributed by atoms with Crippen LogP contribution in [-0.4, -0.2) is 14.6 Å². The topological polar surface area (TPSA) is 30.2 Å². The number of hydrogen-bond donors (Lipinski definition) is 0. The molecule has 0 atom stereocenters. The number of hydrogen-bond acceptors (Lipinski definition) is 2. The summed E-state index contributed by atoms with van der Waals surface area (Å²) in [6.07, 6.45) is 2.15. The monoisotopic (exact) mass is 299 g/mol. The second kappa shape index (κ2) is 5.86. The van der Waals surface area contributed by atoms with E-state index in [0.29, 0.717) is 11.1 Å². The van der Waals surface area contributed by atoms with Gasteiger partial charge in [-0.15, -0.1) is 0 Å². The van der Waals surface area contributed by atoms with Gasteiger partial charge in [-0.3, -0.25) is 0 Å². The SMILES string of the molecule is CCC(CC)c1cc2nc(-c3ccccc3)cc(Cl)n2n1. The summed E-state index contributed by atoms with van der Waals surface area (Å²) in [7, 11) is 0. The summed E-state index contributed by atoms with van der Waals surface area (Å²) < 4.78 is 1.72. The summed E-state index contributed by atoms with van der Waals surface area (Å²) in [6, 6.07) is 14.0. The van der Waals surface area contributed by atoms with Gasteiger partial charge in [0.15, 0.2) is 5.65 Å². The van der Waals surface area contributed by atoms with Crippen molar-refractivity contribution in [1.29, 1.82) is 0 Å². The van der Waals surface area contributed by atoms with E-state index in [1.807, 2.05) is 36.4 Å². The fourth-order valence-electron chi connectivity index (χ4n) is 2.62. The van der Waals surface area contributed by atoms with Gasteiger partial charge >= 0.3 is 0 Å². The highest BCUT2D eigenvalue weighted by molar-refractivity contribution is 6.30. The number of fused-ring (bicyclic) bond motifs is 1. The Morgan fingerprint density at radius 1 is 1.10 bits per heavy atom. The van der Waals surface area contributed by atoms with Crippen LogP contribution in [0.4, 0.5) is 0 Å². The summed E-state index contributed by atoms with van der Waals surface area (Å²) in [5.41, 5.74) is 3.82. The Hall–Kier alpha value is -1.87. The van der Waals surface area contributed by atoms with E-state index in [0.717, 1.165) is 35.4 Å². The van der Waals surface area contributed by atoms with Gasteiger partial charge in [0.1, 0.15) is 5.15 Å². The van der Waals surface area contributed by atoms with Crippen molar-refractivity contribution in [3.8, 4) is 11.3 Å². The van der Waals surface area contributed by atoms with Crippen LogP contribution in [0.15, 0.2) is 42.5 Å². The molecule has 1 aromatic carbocycles. The van der Waals surface area contributed by atoms with E-state index in [4.69, 9.17) is 16.6 Å². The summed E-state index contributed by atoms with van der Waals surface area (Å²) in [4.78, 5) is 4.69. The third-order valence-electron chi connectivity index (χ3n) is 3.88. The van der Waals surface area contributed by atoms with Crippen LogP contribution in [-0.2, 0) is 0 Å². The summed E-state index contributed by atoms with van der Waals surface area (Å²) >= 11 is 6.38. The molecule has 0 amide bonds. The third-order valence-corrected chi connectivity index (χ3v) is 4.15. The molecule has 0 aliphatic carbocycles. The molecule has 3 nitrogen and oxygen atoms in total. The number of aromatic nitrogens is 3. The van der Waals surface area contributed by atoms with Crippen molar-refractivity contribution >= 4 is 17.2 Å². The highest BCUT2D eigenvalue weighted by atomic mass is 35.5. The summed E-state index contributed by atoms with van der Waals surface area (Å²) in [5.74, 6) is 0.461. The zero-order valence-corrected chi connectivity index (χ0v) is 13.0. The number of halogens is 1. The number of benzene rings is 1. The molecule has 0 aliphatic rings. The van der Waals surface area contributed by atoms with Crippen molar-refractivity contribution in [2.24, 2.45) is 0 Å². The van der Waals surface area contributed by atoms with Gasteiger partial charge in [-0.25, -0.2) is 9.50 Å². The quantitative estimate of drug-likeness (QED) is 0.638. The predicted octanol–water partition coefficient (Wildman–Crippen LogP) is 4.95. The second-order valence-corrected chi connectivity index (χ2v) is 5.57. The molecule has 2 aromatic heterocycles. The van der Waals surface area contributed by atoms with E-state index in [1.54, 1.807) is 4.52 Å². The van der Waals surface area contributed by atoms with Gasteiger partial charge < -0.3 is 0 Å². The van der Waals surface area contributed by atoms with Gasteiger partial charge in [0.25, 0.3) is 0 Å². The molecule has 4 heteroatoms. The molecule has 0 spiro atoms. The molecule has 0 fully saturated rings. The average molecular weight is 300 g/mol. The van der Waals surface area contributed by atoms with Crippen LogP contribution >= 0.6 is 11.6 Å². The molecule has 21 heavy (non-hydrogen) atoms. The lowest BCUT2D eigenvalue weighted by Crippen LogP contribution is -1.98. The normalized spacial score (nSPS) is 11.4. The van der Waals surface area contributed by atoms with Gasteiger partial charge in [0.05, 0.1) is 11.4 Å². The largest absolute Gasteiger partial charge is 0.228 e. The van der Waals surface area contributed by atoms with Gasteiger partial charge in [-0.2, -0.15) is 5.10 Å². The Balaban J connectivity index is 2.11. The first-order valence-corrected chi connectivity index (χ1v) is 7.72. The lowest BCUT2D eigenvalue weighted by atomic mass is 10.00. The molecule has 2 heterocycles. The van der Waals surface area contributed by atoms with Crippen molar-refractivity contribution in [1.82, 2.24) is 14.6 Å². The van der Waals surface area contributed by atoms with E-state index in [1.165, 1.54) is 0 Å². The van der Waals surface area contributed by atoms with Gasteiger partial charge in [-0.1, -0.05) is 55.8 Å². The van der Waals surface area contributed by atoms with Gasteiger partial charge in [0, 0.05) is 23.6 Å². The maximum absolute atomic E-state index is 6.38.